The molecule has 0 aromatic heterocycles. The van der Waals surface area contributed by atoms with Gasteiger partial charge in [0.05, 0.1) is 13.0 Å². The average Bonchev–Trinajstić information content (AvgIpc) is 2.30. The van der Waals surface area contributed by atoms with Gasteiger partial charge in [-0.05, 0) is 32.4 Å². The minimum absolute atomic E-state index is 0.116. The molecule has 19 heavy (non-hydrogen) atoms. The van der Waals surface area contributed by atoms with Crippen molar-refractivity contribution in [3.63, 3.8) is 0 Å². The number of carboxylic acid groups (broad SMARTS) is 1. The average molecular weight is 265 g/mol. The minimum atomic E-state index is -1.26. The Hall–Kier alpha value is -2.04. The molecule has 2 N–H and O–H groups in total. The minimum Gasteiger partial charge on any atom is -0.493 e. The van der Waals surface area contributed by atoms with Gasteiger partial charge in [-0.1, -0.05) is 18.2 Å². The highest BCUT2D eigenvalue weighted by atomic mass is 16.5. The Bertz CT molecular complexity index is 468. The number of rotatable bonds is 6. The van der Waals surface area contributed by atoms with E-state index in [1.54, 1.807) is 0 Å². The van der Waals surface area contributed by atoms with Crippen molar-refractivity contribution in [1.29, 1.82) is 0 Å². The monoisotopic (exact) mass is 265 g/mol. The number of ether oxygens (including phenoxy) is 1. The third kappa shape index (κ3) is 4.62. The molecular weight excluding hydrogens is 246 g/mol. The van der Waals surface area contributed by atoms with Crippen molar-refractivity contribution in [3.05, 3.63) is 29.8 Å². The number of benzene rings is 1. The van der Waals surface area contributed by atoms with Gasteiger partial charge in [0.25, 0.3) is 0 Å². The van der Waals surface area contributed by atoms with Crippen molar-refractivity contribution in [2.24, 2.45) is 0 Å². The molecule has 0 saturated heterocycles. The van der Waals surface area contributed by atoms with E-state index in [9.17, 15) is 9.59 Å². The molecular formula is C14H19NO4. The van der Waals surface area contributed by atoms with Crippen LogP contribution in [0.4, 0.5) is 0 Å². The number of carbonyl (C=O) groups is 2. The first kappa shape index (κ1) is 15.0. The van der Waals surface area contributed by atoms with E-state index >= 15 is 0 Å². The smallest absolute Gasteiger partial charge is 0.328 e. The van der Waals surface area contributed by atoms with Gasteiger partial charge in [0.15, 0.2) is 0 Å². The van der Waals surface area contributed by atoms with Crippen molar-refractivity contribution in [2.45, 2.75) is 32.7 Å². The molecule has 0 heterocycles. The maximum atomic E-state index is 11.6. The van der Waals surface area contributed by atoms with Gasteiger partial charge in [0, 0.05) is 0 Å². The number of aliphatic carboxylic acids is 1. The number of aryl methyl sites for hydroxylation is 1. The largest absolute Gasteiger partial charge is 0.493 e. The van der Waals surface area contributed by atoms with E-state index in [0.717, 1.165) is 11.3 Å². The molecule has 0 unspecified atom stereocenters. The SMILES string of the molecule is Cc1ccccc1OCCC(=O)NC(C)(C)C(=O)O. The number of amides is 1. The van der Waals surface area contributed by atoms with E-state index in [-0.39, 0.29) is 18.9 Å². The van der Waals surface area contributed by atoms with Crippen LogP contribution >= 0.6 is 0 Å². The number of hydrogen-bond acceptors (Lipinski definition) is 3. The molecule has 0 radical (unpaired) electrons. The normalized spacial score (nSPS) is 10.9. The molecule has 0 fully saturated rings. The van der Waals surface area contributed by atoms with Gasteiger partial charge in [-0.25, -0.2) is 4.79 Å². The Labute approximate surface area is 112 Å². The molecule has 104 valence electrons. The molecule has 1 aromatic rings. The second-order valence-electron chi connectivity index (χ2n) is 4.84. The highest BCUT2D eigenvalue weighted by Crippen LogP contribution is 2.16. The summed E-state index contributed by atoms with van der Waals surface area (Å²) in [4.78, 5) is 22.4. The first-order valence-electron chi connectivity index (χ1n) is 6.06. The summed E-state index contributed by atoms with van der Waals surface area (Å²) in [6.07, 6.45) is 0.116. The standard InChI is InChI=1S/C14H19NO4/c1-10-6-4-5-7-11(10)19-9-8-12(16)15-14(2,3)13(17)18/h4-7H,8-9H2,1-3H3,(H,15,16)(H,17,18). The van der Waals surface area contributed by atoms with Gasteiger partial charge in [-0.15, -0.1) is 0 Å². The highest BCUT2D eigenvalue weighted by Gasteiger charge is 2.28. The fourth-order valence-electron chi connectivity index (χ4n) is 1.44. The third-order valence-electron chi connectivity index (χ3n) is 2.67. The van der Waals surface area contributed by atoms with Crippen molar-refractivity contribution in [3.8, 4) is 5.75 Å². The predicted octanol–water partition coefficient (Wildman–Crippen LogP) is 1.74. The van der Waals surface area contributed by atoms with E-state index in [1.807, 2.05) is 31.2 Å². The molecule has 1 amide bonds. The summed E-state index contributed by atoms with van der Waals surface area (Å²) in [6.45, 7) is 5.01. The molecule has 0 bridgehead atoms. The summed E-state index contributed by atoms with van der Waals surface area (Å²) in [5.74, 6) is -0.686. The van der Waals surface area contributed by atoms with Gasteiger partial charge < -0.3 is 15.2 Å². The van der Waals surface area contributed by atoms with Gasteiger partial charge in [-0.2, -0.15) is 0 Å². The van der Waals surface area contributed by atoms with E-state index in [2.05, 4.69) is 5.32 Å². The Morgan fingerprint density at radius 3 is 2.53 bits per heavy atom. The summed E-state index contributed by atoms with van der Waals surface area (Å²) in [5.41, 5.74) is -0.270. The quantitative estimate of drug-likeness (QED) is 0.821. The Morgan fingerprint density at radius 1 is 1.32 bits per heavy atom. The fraction of sp³-hybridized carbons (Fsp3) is 0.429. The van der Waals surface area contributed by atoms with Crippen LogP contribution in [0.1, 0.15) is 25.8 Å². The molecule has 0 saturated carbocycles. The molecule has 0 aliphatic heterocycles. The number of carboxylic acids is 1. The Morgan fingerprint density at radius 2 is 1.95 bits per heavy atom. The van der Waals surface area contributed by atoms with Gasteiger partial charge in [0.1, 0.15) is 11.3 Å². The van der Waals surface area contributed by atoms with E-state index in [0.29, 0.717) is 0 Å². The van der Waals surface area contributed by atoms with Gasteiger partial charge in [-0.3, -0.25) is 4.79 Å². The van der Waals surface area contributed by atoms with E-state index in [4.69, 9.17) is 9.84 Å². The van der Waals surface area contributed by atoms with Crippen LogP contribution in [-0.4, -0.2) is 29.1 Å². The number of hydrogen-bond donors (Lipinski definition) is 2. The second-order valence-corrected chi connectivity index (χ2v) is 4.84. The lowest BCUT2D eigenvalue weighted by Gasteiger charge is -2.21. The van der Waals surface area contributed by atoms with Crippen LogP contribution < -0.4 is 10.1 Å². The Balaban J connectivity index is 2.40. The van der Waals surface area contributed by atoms with Crippen LogP contribution in [0.2, 0.25) is 0 Å². The van der Waals surface area contributed by atoms with Crippen LogP contribution in [0.15, 0.2) is 24.3 Å². The molecule has 0 aliphatic carbocycles. The first-order valence-corrected chi connectivity index (χ1v) is 6.06. The molecule has 0 spiro atoms. The van der Waals surface area contributed by atoms with Crippen LogP contribution in [0.3, 0.4) is 0 Å². The summed E-state index contributed by atoms with van der Waals surface area (Å²) in [6, 6.07) is 7.51. The second kappa shape index (κ2) is 6.22. The maximum Gasteiger partial charge on any atom is 0.328 e. The lowest BCUT2D eigenvalue weighted by atomic mass is 10.1. The van der Waals surface area contributed by atoms with Gasteiger partial charge >= 0.3 is 5.97 Å². The first-order chi connectivity index (χ1) is 8.83. The van der Waals surface area contributed by atoms with Crippen molar-refractivity contribution in [2.75, 3.05) is 6.61 Å². The van der Waals surface area contributed by atoms with Crippen LogP contribution in [-0.2, 0) is 9.59 Å². The van der Waals surface area contributed by atoms with Crippen LogP contribution in [0, 0.1) is 6.92 Å². The van der Waals surface area contributed by atoms with Gasteiger partial charge in [0.2, 0.25) is 5.91 Å². The molecule has 1 rings (SSSR count). The summed E-state index contributed by atoms with van der Waals surface area (Å²) in [7, 11) is 0. The fourth-order valence-corrected chi connectivity index (χ4v) is 1.44. The topological polar surface area (TPSA) is 75.6 Å². The summed E-state index contributed by atoms with van der Waals surface area (Å²) in [5, 5.41) is 11.3. The zero-order valence-corrected chi connectivity index (χ0v) is 11.4. The molecule has 0 aliphatic rings. The summed E-state index contributed by atoms with van der Waals surface area (Å²) >= 11 is 0. The molecule has 5 heteroatoms. The zero-order valence-electron chi connectivity index (χ0n) is 11.4. The number of carbonyl (C=O) groups excluding carboxylic acids is 1. The lowest BCUT2D eigenvalue weighted by Crippen LogP contribution is -2.49. The lowest BCUT2D eigenvalue weighted by molar-refractivity contribution is -0.146. The van der Waals surface area contributed by atoms with Crippen LogP contribution in [0.25, 0.3) is 0 Å². The Kier molecular flexibility index (Phi) is 4.92. The third-order valence-corrected chi connectivity index (χ3v) is 2.67. The zero-order chi connectivity index (χ0) is 14.5. The number of nitrogens with one attached hydrogen (secondary N) is 1. The molecule has 1 aromatic carbocycles. The molecule has 5 nitrogen and oxygen atoms in total. The van der Waals surface area contributed by atoms with E-state index < -0.39 is 11.5 Å². The van der Waals surface area contributed by atoms with E-state index in [1.165, 1.54) is 13.8 Å². The van der Waals surface area contributed by atoms with Crippen molar-refractivity contribution < 1.29 is 19.4 Å². The predicted molar refractivity (Wildman–Crippen MR) is 71.1 cm³/mol. The highest BCUT2D eigenvalue weighted by molar-refractivity contribution is 5.86. The molecule has 0 atom stereocenters. The maximum absolute atomic E-state index is 11.6. The number of para-hydroxylation sites is 1. The summed E-state index contributed by atoms with van der Waals surface area (Å²) < 4.78 is 5.47. The van der Waals surface area contributed by atoms with Crippen LogP contribution in [0.5, 0.6) is 5.75 Å². The van der Waals surface area contributed by atoms with Crippen molar-refractivity contribution >= 4 is 11.9 Å². The van der Waals surface area contributed by atoms with Crippen molar-refractivity contribution in [1.82, 2.24) is 5.32 Å².